The van der Waals surface area contributed by atoms with E-state index in [1.165, 1.54) is 12.8 Å². The number of methoxy groups -OCH3 is 1. The van der Waals surface area contributed by atoms with E-state index < -0.39 is 0 Å². The largest absolute Gasteiger partial charge is 0.497 e. The standard InChI is InChI=1S/C15H24N2O2/c1-3-19-15(10-4-5-11-15)14(17-16)12-6-8-13(18-2)9-7-12/h6-9,14,17H,3-5,10-11,16H2,1-2H3. The fraction of sp³-hybridized carbons (Fsp3) is 0.600. The molecule has 0 aromatic heterocycles. The Morgan fingerprint density at radius 1 is 1.26 bits per heavy atom. The maximum Gasteiger partial charge on any atom is 0.118 e. The molecule has 4 nitrogen and oxygen atoms in total. The molecule has 106 valence electrons. The lowest BCUT2D eigenvalue weighted by Crippen LogP contribution is -2.46. The van der Waals surface area contributed by atoms with Gasteiger partial charge in [-0.05, 0) is 37.5 Å². The molecule has 0 heterocycles. The van der Waals surface area contributed by atoms with Crippen LogP contribution < -0.4 is 16.0 Å². The number of hydrogen-bond donors (Lipinski definition) is 2. The summed E-state index contributed by atoms with van der Waals surface area (Å²) in [4.78, 5) is 0. The van der Waals surface area contributed by atoms with Gasteiger partial charge in [-0.2, -0.15) is 0 Å². The molecule has 0 bridgehead atoms. The highest BCUT2D eigenvalue weighted by Gasteiger charge is 2.42. The zero-order valence-corrected chi connectivity index (χ0v) is 11.8. The second-order valence-corrected chi connectivity index (χ2v) is 5.08. The molecular weight excluding hydrogens is 240 g/mol. The Morgan fingerprint density at radius 3 is 2.37 bits per heavy atom. The summed E-state index contributed by atoms with van der Waals surface area (Å²) >= 11 is 0. The van der Waals surface area contributed by atoms with Crippen LogP contribution in [0.1, 0.15) is 44.2 Å². The maximum absolute atomic E-state index is 6.08. The quantitative estimate of drug-likeness (QED) is 0.612. The molecule has 1 aromatic carbocycles. The number of nitrogens with two attached hydrogens (primary N) is 1. The summed E-state index contributed by atoms with van der Waals surface area (Å²) in [5.74, 6) is 6.67. The number of rotatable bonds is 6. The van der Waals surface area contributed by atoms with Crippen LogP contribution in [0.25, 0.3) is 0 Å². The van der Waals surface area contributed by atoms with Crippen LogP contribution in [0.2, 0.25) is 0 Å². The third-order valence-electron chi connectivity index (χ3n) is 4.02. The summed E-state index contributed by atoms with van der Waals surface area (Å²) in [7, 11) is 1.67. The minimum Gasteiger partial charge on any atom is -0.497 e. The Bertz CT molecular complexity index is 386. The Hall–Kier alpha value is -1.10. The Labute approximate surface area is 115 Å². The molecule has 1 aliphatic carbocycles. The van der Waals surface area contributed by atoms with Crippen molar-refractivity contribution < 1.29 is 9.47 Å². The van der Waals surface area contributed by atoms with Crippen LogP contribution in [0.4, 0.5) is 0 Å². The lowest BCUT2D eigenvalue weighted by molar-refractivity contribution is -0.0627. The monoisotopic (exact) mass is 264 g/mol. The van der Waals surface area contributed by atoms with Crippen molar-refractivity contribution in [2.24, 2.45) is 5.84 Å². The SMILES string of the molecule is CCOC1(C(NN)c2ccc(OC)cc2)CCCC1. The molecule has 0 aliphatic heterocycles. The zero-order valence-electron chi connectivity index (χ0n) is 11.8. The first-order chi connectivity index (χ1) is 9.25. The van der Waals surface area contributed by atoms with E-state index in [-0.39, 0.29) is 11.6 Å². The third kappa shape index (κ3) is 2.91. The topological polar surface area (TPSA) is 56.5 Å². The molecule has 3 N–H and O–H groups in total. The summed E-state index contributed by atoms with van der Waals surface area (Å²) in [6.45, 7) is 2.76. The smallest absolute Gasteiger partial charge is 0.118 e. The number of benzene rings is 1. The number of ether oxygens (including phenoxy) is 2. The van der Waals surface area contributed by atoms with Gasteiger partial charge in [0.25, 0.3) is 0 Å². The molecule has 1 atom stereocenters. The van der Waals surface area contributed by atoms with Crippen LogP contribution in [-0.2, 0) is 4.74 Å². The van der Waals surface area contributed by atoms with E-state index in [4.69, 9.17) is 15.3 Å². The second-order valence-electron chi connectivity index (χ2n) is 5.08. The first-order valence-electron chi connectivity index (χ1n) is 7.00. The van der Waals surface area contributed by atoms with Crippen molar-refractivity contribution in [3.8, 4) is 5.75 Å². The lowest BCUT2D eigenvalue weighted by Gasteiger charge is -2.37. The summed E-state index contributed by atoms with van der Waals surface area (Å²) in [6.07, 6.45) is 4.52. The maximum atomic E-state index is 6.08. The first kappa shape index (κ1) is 14.3. The van der Waals surface area contributed by atoms with Gasteiger partial charge >= 0.3 is 0 Å². The molecule has 0 spiro atoms. The molecule has 1 fully saturated rings. The number of hydrazine groups is 1. The van der Waals surface area contributed by atoms with E-state index >= 15 is 0 Å². The van der Waals surface area contributed by atoms with Gasteiger partial charge < -0.3 is 9.47 Å². The average Bonchev–Trinajstić information content (AvgIpc) is 2.90. The molecule has 19 heavy (non-hydrogen) atoms. The highest BCUT2D eigenvalue weighted by Crippen LogP contribution is 2.42. The predicted octanol–water partition coefficient (Wildman–Crippen LogP) is 2.55. The molecule has 1 saturated carbocycles. The average molecular weight is 264 g/mol. The van der Waals surface area contributed by atoms with Gasteiger partial charge in [-0.15, -0.1) is 0 Å². The fourth-order valence-corrected chi connectivity index (χ4v) is 3.13. The molecule has 2 rings (SSSR count). The van der Waals surface area contributed by atoms with Crippen LogP contribution in [0, 0.1) is 0 Å². The second kappa shape index (κ2) is 6.37. The minimum atomic E-state index is -0.169. The van der Waals surface area contributed by atoms with Crippen LogP contribution in [0.5, 0.6) is 5.75 Å². The van der Waals surface area contributed by atoms with E-state index in [0.29, 0.717) is 6.61 Å². The summed E-state index contributed by atoms with van der Waals surface area (Å²) in [5.41, 5.74) is 3.94. The van der Waals surface area contributed by atoms with E-state index in [1.807, 2.05) is 19.1 Å². The minimum absolute atomic E-state index is 0.0286. The summed E-state index contributed by atoms with van der Waals surface area (Å²) < 4.78 is 11.3. The Kier molecular flexibility index (Phi) is 4.80. The van der Waals surface area contributed by atoms with Crippen molar-refractivity contribution in [2.45, 2.75) is 44.2 Å². The van der Waals surface area contributed by atoms with Crippen LogP contribution in [-0.4, -0.2) is 19.3 Å². The van der Waals surface area contributed by atoms with Gasteiger partial charge in [0, 0.05) is 6.61 Å². The normalized spacial score (nSPS) is 19.3. The van der Waals surface area contributed by atoms with Crippen molar-refractivity contribution in [3.63, 3.8) is 0 Å². The molecular formula is C15H24N2O2. The van der Waals surface area contributed by atoms with Gasteiger partial charge in [0.05, 0.1) is 18.8 Å². The van der Waals surface area contributed by atoms with Gasteiger partial charge in [0.15, 0.2) is 0 Å². The van der Waals surface area contributed by atoms with Crippen LogP contribution in [0.15, 0.2) is 24.3 Å². The summed E-state index contributed by atoms with van der Waals surface area (Å²) in [5, 5.41) is 0. The lowest BCUT2D eigenvalue weighted by atomic mass is 9.87. The highest BCUT2D eigenvalue weighted by atomic mass is 16.5. The zero-order chi connectivity index (χ0) is 13.7. The van der Waals surface area contributed by atoms with E-state index in [1.54, 1.807) is 7.11 Å². The molecule has 0 radical (unpaired) electrons. The molecule has 0 amide bonds. The molecule has 1 unspecified atom stereocenters. The van der Waals surface area contributed by atoms with Crippen molar-refractivity contribution in [2.75, 3.05) is 13.7 Å². The van der Waals surface area contributed by atoms with E-state index in [9.17, 15) is 0 Å². The predicted molar refractivity (Wildman–Crippen MR) is 75.9 cm³/mol. The molecule has 1 aliphatic rings. The highest BCUT2D eigenvalue weighted by molar-refractivity contribution is 5.31. The van der Waals surface area contributed by atoms with E-state index in [2.05, 4.69) is 17.6 Å². The Morgan fingerprint density at radius 2 is 1.89 bits per heavy atom. The number of hydrogen-bond acceptors (Lipinski definition) is 4. The van der Waals surface area contributed by atoms with Crippen molar-refractivity contribution in [1.29, 1.82) is 0 Å². The number of nitrogens with one attached hydrogen (secondary N) is 1. The Balaban J connectivity index is 2.25. The van der Waals surface area contributed by atoms with Gasteiger partial charge in [-0.25, -0.2) is 0 Å². The van der Waals surface area contributed by atoms with Gasteiger partial charge in [0.1, 0.15) is 5.75 Å². The fourth-order valence-electron chi connectivity index (χ4n) is 3.13. The third-order valence-corrected chi connectivity index (χ3v) is 4.02. The van der Waals surface area contributed by atoms with Crippen LogP contribution in [0.3, 0.4) is 0 Å². The van der Waals surface area contributed by atoms with Gasteiger partial charge in [-0.1, -0.05) is 25.0 Å². The molecule has 4 heteroatoms. The van der Waals surface area contributed by atoms with Crippen molar-refractivity contribution in [3.05, 3.63) is 29.8 Å². The van der Waals surface area contributed by atoms with Gasteiger partial charge in [0.2, 0.25) is 0 Å². The van der Waals surface area contributed by atoms with Crippen molar-refractivity contribution in [1.82, 2.24) is 5.43 Å². The van der Waals surface area contributed by atoms with Crippen molar-refractivity contribution >= 4 is 0 Å². The van der Waals surface area contributed by atoms with Gasteiger partial charge in [-0.3, -0.25) is 11.3 Å². The summed E-state index contributed by atoms with van der Waals surface area (Å²) in [6, 6.07) is 8.08. The molecule has 0 saturated heterocycles. The van der Waals surface area contributed by atoms with E-state index in [0.717, 1.165) is 24.2 Å². The van der Waals surface area contributed by atoms with Crippen LogP contribution >= 0.6 is 0 Å². The first-order valence-corrected chi connectivity index (χ1v) is 7.00. The molecule has 1 aromatic rings.